The van der Waals surface area contributed by atoms with Crippen molar-refractivity contribution < 1.29 is 38.6 Å². The Morgan fingerprint density at radius 3 is 2.85 bits per heavy atom. The van der Waals surface area contributed by atoms with Gasteiger partial charge in [-0.2, -0.15) is 19.3 Å². The first-order valence-corrected chi connectivity index (χ1v) is 14.6. The van der Waals surface area contributed by atoms with Gasteiger partial charge < -0.3 is 36.4 Å². The lowest BCUT2D eigenvalue weighted by atomic mass is 10.1. The number of aliphatic hydroxyl groups is 3. The molecule has 9 N–H and O–H groups in total. The van der Waals surface area contributed by atoms with Crippen molar-refractivity contribution in [2.75, 3.05) is 30.4 Å². The van der Waals surface area contributed by atoms with Crippen LogP contribution in [0.4, 0.5) is 11.9 Å². The summed E-state index contributed by atoms with van der Waals surface area (Å²) in [6, 6.07) is 0. The number of aliphatic hydroxyl groups excluding tert-OH is 3. The van der Waals surface area contributed by atoms with Gasteiger partial charge >= 0.3 is 7.82 Å². The first kappa shape index (κ1) is 27.9. The van der Waals surface area contributed by atoms with Gasteiger partial charge in [0, 0.05) is 17.7 Å². The van der Waals surface area contributed by atoms with E-state index < -0.39 is 62.0 Å². The van der Waals surface area contributed by atoms with Gasteiger partial charge in [0.2, 0.25) is 17.6 Å². The summed E-state index contributed by atoms with van der Waals surface area (Å²) in [6.07, 6.45) is -1.66. The highest BCUT2D eigenvalue weighted by Crippen LogP contribution is 2.55. The molecule has 220 valence electrons. The molecule has 1 unspecified atom stereocenters. The SMILES string of the molecule is Nc1nc2c(nnn2[C@@]2(OP(=O)(O)OC[C@H]3O[C@@H](c4cnn5c(N)ncnc45)C[C@@H]3O)CS[C@H](CO)[C@H]2O)c(=O)[nH]1. The van der Waals surface area contributed by atoms with Crippen LogP contribution in [0.5, 0.6) is 0 Å². The van der Waals surface area contributed by atoms with E-state index in [1.54, 1.807) is 0 Å². The number of aromatic nitrogens is 9. The number of anilines is 2. The fourth-order valence-corrected chi connectivity index (χ4v) is 7.23. The van der Waals surface area contributed by atoms with Gasteiger partial charge in [-0.15, -0.1) is 16.9 Å². The van der Waals surface area contributed by atoms with E-state index >= 15 is 0 Å². The highest BCUT2D eigenvalue weighted by molar-refractivity contribution is 8.00. The van der Waals surface area contributed by atoms with Crippen LogP contribution in [-0.2, 0) is 24.1 Å². The zero-order chi connectivity index (χ0) is 29.1. The molecule has 6 rings (SSSR count). The summed E-state index contributed by atoms with van der Waals surface area (Å²) in [5, 5.41) is 42.2. The van der Waals surface area contributed by atoms with Crippen molar-refractivity contribution in [2.24, 2.45) is 0 Å². The molecule has 0 spiro atoms. The predicted molar refractivity (Wildman–Crippen MR) is 138 cm³/mol. The average molecular weight is 614 g/mol. The third-order valence-electron chi connectivity index (χ3n) is 6.79. The monoisotopic (exact) mass is 613 g/mol. The number of H-pyrrole nitrogens is 1. The highest BCUT2D eigenvalue weighted by atomic mass is 32.2. The van der Waals surface area contributed by atoms with Crippen LogP contribution in [0.2, 0.25) is 0 Å². The molecule has 41 heavy (non-hydrogen) atoms. The smallest absolute Gasteiger partial charge is 0.395 e. The predicted octanol–water partition coefficient (Wildman–Crippen LogP) is -2.74. The van der Waals surface area contributed by atoms with Crippen molar-refractivity contribution in [1.29, 1.82) is 0 Å². The number of ether oxygens (including phenoxy) is 1. The Bertz CT molecular complexity index is 1720. The molecule has 2 saturated heterocycles. The molecule has 4 aromatic heterocycles. The standard InChI is InChI=1S/C19H24N11O9PS/c20-17-25-15-12(16(34)26-17)27-28-30(15)19(5-41-11(3-31)13(19)33)39-40(35,36)37-4-10-8(32)1-9(38-10)7-2-24-29-14(7)22-6-23-18(29)21/h2,6,8-11,13,31-33H,1,3-5H2,(H,35,36)(H2,21,22,23)(H3,20,25,26,34)/t8-,9+,10+,11+,13+,19+/m0/s1. The minimum absolute atomic E-state index is 0.0972. The molecule has 20 nitrogen and oxygen atoms in total. The van der Waals surface area contributed by atoms with Crippen molar-refractivity contribution in [3.63, 3.8) is 0 Å². The quantitative estimate of drug-likeness (QED) is 0.0991. The number of rotatable bonds is 8. The van der Waals surface area contributed by atoms with Crippen LogP contribution in [0, 0.1) is 0 Å². The molecule has 6 heterocycles. The Morgan fingerprint density at radius 1 is 1.29 bits per heavy atom. The third kappa shape index (κ3) is 4.73. The Morgan fingerprint density at radius 2 is 2.10 bits per heavy atom. The summed E-state index contributed by atoms with van der Waals surface area (Å²) >= 11 is 1.02. The summed E-state index contributed by atoms with van der Waals surface area (Å²) in [7, 11) is -5.06. The number of nitrogens with one attached hydrogen (secondary N) is 1. The maximum absolute atomic E-state index is 13.2. The van der Waals surface area contributed by atoms with E-state index in [1.165, 1.54) is 17.0 Å². The van der Waals surface area contributed by atoms with Crippen LogP contribution in [0.25, 0.3) is 16.8 Å². The van der Waals surface area contributed by atoms with Gasteiger partial charge in [0.25, 0.3) is 5.56 Å². The van der Waals surface area contributed by atoms with Gasteiger partial charge in [-0.1, -0.05) is 5.21 Å². The molecule has 0 radical (unpaired) electrons. The number of hydrogen-bond acceptors (Lipinski definition) is 17. The number of aromatic amines is 1. The lowest BCUT2D eigenvalue weighted by Crippen LogP contribution is -2.49. The van der Waals surface area contributed by atoms with Crippen LogP contribution >= 0.6 is 19.6 Å². The Hall–Kier alpha value is -3.27. The van der Waals surface area contributed by atoms with E-state index in [4.69, 9.17) is 25.3 Å². The second kappa shape index (κ2) is 10.2. The molecule has 2 fully saturated rings. The molecule has 22 heteroatoms. The molecular weight excluding hydrogens is 589 g/mol. The van der Waals surface area contributed by atoms with Crippen molar-refractivity contribution in [2.45, 2.75) is 41.8 Å². The number of nitrogens with zero attached hydrogens (tertiary/aromatic N) is 8. The number of hydrogen-bond donors (Lipinski definition) is 7. The molecule has 4 aromatic rings. The summed E-state index contributed by atoms with van der Waals surface area (Å²) < 4.78 is 32.0. The molecule has 2 aliphatic heterocycles. The van der Waals surface area contributed by atoms with E-state index in [-0.39, 0.29) is 35.2 Å². The fourth-order valence-electron chi connectivity index (χ4n) is 4.80. The van der Waals surface area contributed by atoms with Crippen molar-refractivity contribution >= 4 is 48.3 Å². The molecule has 0 amide bonds. The lowest BCUT2D eigenvalue weighted by molar-refractivity contribution is -0.117. The first-order valence-electron chi connectivity index (χ1n) is 12.0. The number of fused-ring (bicyclic) bond motifs is 2. The second-order valence-corrected chi connectivity index (χ2v) is 11.9. The van der Waals surface area contributed by atoms with Gasteiger partial charge in [0.1, 0.15) is 18.5 Å². The molecule has 0 aromatic carbocycles. The Balaban J connectivity index is 1.23. The maximum Gasteiger partial charge on any atom is 0.474 e. The number of thioether (sulfide) groups is 1. The normalized spacial score (nSPS) is 29.9. The number of phosphoric ester groups is 1. The number of nitrogens with two attached hydrogens (primary N) is 2. The summed E-state index contributed by atoms with van der Waals surface area (Å²) in [5.41, 5.74) is 8.94. The minimum Gasteiger partial charge on any atom is -0.395 e. The van der Waals surface area contributed by atoms with Crippen molar-refractivity contribution in [1.82, 2.24) is 44.5 Å². The summed E-state index contributed by atoms with van der Waals surface area (Å²) in [4.78, 5) is 37.3. The van der Waals surface area contributed by atoms with E-state index in [0.29, 0.717) is 11.2 Å². The summed E-state index contributed by atoms with van der Waals surface area (Å²) in [6.45, 7) is -1.10. The van der Waals surface area contributed by atoms with E-state index in [0.717, 1.165) is 16.4 Å². The molecular formula is C19H24N11O9PS. The van der Waals surface area contributed by atoms with Gasteiger partial charge in [-0.3, -0.25) is 18.8 Å². The largest absolute Gasteiger partial charge is 0.474 e. The van der Waals surface area contributed by atoms with Crippen LogP contribution in [0.3, 0.4) is 0 Å². The van der Waals surface area contributed by atoms with E-state index in [9.17, 15) is 29.6 Å². The van der Waals surface area contributed by atoms with Crippen LogP contribution in [0.15, 0.2) is 17.3 Å². The molecule has 7 atom stereocenters. The zero-order valence-corrected chi connectivity index (χ0v) is 22.5. The average Bonchev–Trinajstić information content (AvgIpc) is 3.69. The third-order valence-corrected chi connectivity index (χ3v) is 9.23. The minimum atomic E-state index is -5.06. The molecule has 0 bridgehead atoms. The zero-order valence-electron chi connectivity index (χ0n) is 20.8. The van der Waals surface area contributed by atoms with E-state index in [2.05, 4.69) is 35.3 Å². The van der Waals surface area contributed by atoms with Crippen LogP contribution < -0.4 is 17.0 Å². The van der Waals surface area contributed by atoms with Crippen molar-refractivity contribution in [3.05, 3.63) is 28.4 Å². The Labute approximate surface area is 232 Å². The van der Waals surface area contributed by atoms with Crippen molar-refractivity contribution in [3.8, 4) is 0 Å². The summed E-state index contributed by atoms with van der Waals surface area (Å²) in [5.74, 6) is -0.416. The number of nitrogen functional groups attached to an aromatic ring is 2. The Kier molecular flexibility index (Phi) is 6.95. The fraction of sp³-hybridized carbons (Fsp3) is 0.526. The van der Waals surface area contributed by atoms with Gasteiger partial charge in [0.05, 0.1) is 36.9 Å². The van der Waals surface area contributed by atoms with Crippen LogP contribution in [0.1, 0.15) is 18.1 Å². The second-order valence-electron chi connectivity index (χ2n) is 9.34. The van der Waals surface area contributed by atoms with E-state index in [1.807, 2.05) is 0 Å². The lowest BCUT2D eigenvalue weighted by Gasteiger charge is -2.34. The molecule has 0 aliphatic carbocycles. The van der Waals surface area contributed by atoms with Gasteiger partial charge in [0.15, 0.2) is 16.8 Å². The van der Waals surface area contributed by atoms with Gasteiger partial charge in [-0.25, -0.2) is 14.5 Å². The topological polar surface area (TPSA) is 297 Å². The van der Waals surface area contributed by atoms with Gasteiger partial charge in [-0.05, 0) is 0 Å². The molecule has 2 aliphatic rings. The maximum atomic E-state index is 13.2. The number of phosphoric acid groups is 1. The molecule has 0 saturated carbocycles. The first-order chi connectivity index (χ1) is 19.5. The van der Waals surface area contributed by atoms with Crippen LogP contribution in [-0.4, -0.2) is 107 Å². The highest BCUT2D eigenvalue weighted by Gasteiger charge is 2.57.